The number of aromatic nitrogens is 2. The van der Waals surface area contributed by atoms with Gasteiger partial charge >= 0.3 is 0 Å². The van der Waals surface area contributed by atoms with Crippen molar-refractivity contribution in [2.75, 3.05) is 5.32 Å². The molecule has 27 heavy (non-hydrogen) atoms. The van der Waals surface area contributed by atoms with E-state index in [4.69, 9.17) is 0 Å². The quantitative estimate of drug-likeness (QED) is 0.665. The Morgan fingerprint density at radius 2 is 1.93 bits per heavy atom. The van der Waals surface area contributed by atoms with Crippen LogP contribution >= 0.6 is 11.8 Å². The van der Waals surface area contributed by atoms with Crippen LogP contribution in [-0.2, 0) is 11.8 Å². The van der Waals surface area contributed by atoms with Crippen LogP contribution in [0, 0.1) is 20.8 Å². The maximum Gasteiger partial charge on any atom is 0.286 e. The summed E-state index contributed by atoms with van der Waals surface area (Å²) in [6.45, 7) is 6.08. The molecule has 0 spiro atoms. The highest BCUT2D eigenvalue weighted by atomic mass is 32.2. The molecule has 1 amide bonds. The van der Waals surface area contributed by atoms with E-state index >= 15 is 0 Å². The van der Waals surface area contributed by atoms with Crippen molar-refractivity contribution in [1.82, 2.24) is 9.55 Å². The number of fused-ring (bicyclic) bond motifs is 1. The van der Waals surface area contributed by atoms with Crippen LogP contribution in [-0.4, -0.2) is 20.6 Å². The highest BCUT2D eigenvalue weighted by molar-refractivity contribution is 8.18. The second-order valence-electron chi connectivity index (χ2n) is 6.74. The largest absolute Gasteiger partial charge is 0.334 e. The minimum absolute atomic E-state index is 0.214. The van der Waals surface area contributed by atoms with Crippen molar-refractivity contribution in [1.29, 1.82) is 0 Å². The monoisotopic (exact) mass is 376 g/mol. The number of nitrogens with one attached hydrogen (secondary N) is 1. The minimum atomic E-state index is -0.214. The predicted molar refractivity (Wildman–Crippen MR) is 113 cm³/mol. The van der Waals surface area contributed by atoms with Crippen LogP contribution in [0.4, 0.5) is 5.69 Å². The SMILES string of the molecule is Cc1ccc(NC2=NC(=O)C(=Cc3ccc4nc(C)n(C)c4c3)S2)c(C)c1. The normalized spacial score (nSPS) is 15.6. The zero-order chi connectivity index (χ0) is 19.1. The molecule has 0 saturated carbocycles. The number of imidazole rings is 1. The number of carbonyl (C=O) groups is 1. The van der Waals surface area contributed by atoms with Crippen molar-refractivity contribution in [3.63, 3.8) is 0 Å². The predicted octanol–water partition coefficient (Wildman–Crippen LogP) is 4.58. The molecule has 6 heteroatoms. The Labute approximate surface area is 162 Å². The third kappa shape index (κ3) is 3.40. The number of amidine groups is 1. The average Bonchev–Trinajstić information content (AvgIpc) is 3.10. The Kier molecular flexibility index (Phi) is 4.36. The Morgan fingerprint density at radius 1 is 1.11 bits per heavy atom. The first kappa shape index (κ1) is 17.5. The van der Waals surface area contributed by atoms with Crippen molar-refractivity contribution < 1.29 is 4.79 Å². The molecule has 0 radical (unpaired) electrons. The summed E-state index contributed by atoms with van der Waals surface area (Å²) in [6.07, 6.45) is 1.88. The fourth-order valence-electron chi connectivity index (χ4n) is 3.10. The lowest BCUT2D eigenvalue weighted by Crippen LogP contribution is -2.06. The van der Waals surface area contributed by atoms with Gasteiger partial charge in [-0.2, -0.15) is 4.99 Å². The maximum absolute atomic E-state index is 12.3. The molecule has 0 unspecified atom stereocenters. The van der Waals surface area contributed by atoms with E-state index in [9.17, 15) is 4.79 Å². The maximum atomic E-state index is 12.3. The van der Waals surface area contributed by atoms with Crippen LogP contribution in [0.3, 0.4) is 0 Å². The Hall–Kier alpha value is -2.86. The van der Waals surface area contributed by atoms with E-state index in [1.165, 1.54) is 17.3 Å². The van der Waals surface area contributed by atoms with E-state index in [2.05, 4.69) is 28.3 Å². The van der Waals surface area contributed by atoms with E-state index in [0.717, 1.165) is 33.7 Å². The van der Waals surface area contributed by atoms with Crippen LogP contribution in [0.5, 0.6) is 0 Å². The fourth-order valence-corrected chi connectivity index (χ4v) is 3.93. The number of aliphatic imine (C=N–C) groups is 1. The van der Waals surface area contributed by atoms with Crippen molar-refractivity contribution in [3.8, 4) is 0 Å². The van der Waals surface area contributed by atoms with Gasteiger partial charge in [0.25, 0.3) is 5.91 Å². The number of aryl methyl sites for hydroxylation is 4. The van der Waals surface area contributed by atoms with Crippen molar-refractivity contribution in [2.45, 2.75) is 20.8 Å². The lowest BCUT2D eigenvalue weighted by Gasteiger charge is -2.08. The summed E-state index contributed by atoms with van der Waals surface area (Å²) in [7, 11) is 1.99. The number of anilines is 1. The molecule has 0 atom stereocenters. The lowest BCUT2D eigenvalue weighted by atomic mass is 10.1. The van der Waals surface area contributed by atoms with Crippen molar-refractivity contribution in [3.05, 3.63) is 63.8 Å². The van der Waals surface area contributed by atoms with Gasteiger partial charge in [-0.25, -0.2) is 4.98 Å². The lowest BCUT2D eigenvalue weighted by molar-refractivity contribution is -0.113. The summed E-state index contributed by atoms with van der Waals surface area (Å²) in [5, 5.41) is 3.87. The Morgan fingerprint density at radius 3 is 2.70 bits per heavy atom. The number of amides is 1. The van der Waals surface area contributed by atoms with Gasteiger partial charge in [0.2, 0.25) is 0 Å². The molecule has 0 saturated heterocycles. The van der Waals surface area contributed by atoms with Crippen LogP contribution < -0.4 is 5.32 Å². The second kappa shape index (κ2) is 6.70. The molecule has 5 nitrogen and oxygen atoms in total. The molecule has 1 aromatic heterocycles. The molecule has 0 aliphatic carbocycles. The summed E-state index contributed by atoms with van der Waals surface area (Å²) in [5.74, 6) is 0.748. The number of carbonyl (C=O) groups excluding carboxylic acids is 1. The molecule has 136 valence electrons. The van der Waals surface area contributed by atoms with Gasteiger partial charge < -0.3 is 9.88 Å². The van der Waals surface area contributed by atoms with Gasteiger partial charge in [0.05, 0.1) is 15.9 Å². The van der Waals surface area contributed by atoms with Crippen LogP contribution in [0.2, 0.25) is 0 Å². The summed E-state index contributed by atoms with van der Waals surface area (Å²) >= 11 is 1.36. The third-order valence-electron chi connectivity index (χ3n) is 4.67. The molecule has 4 rings (SSSR count). The van der Waals surface area contributed by atoms with Gasteiger partial charge in [0.1, 0.15) is 5.82 Å². The van der Waals surface area contributed by atoms with E-state index in [-0.39, 0.29) is 5.91 Å². The highest BCUT2D eigenvalue weighted by Crippen LogP contribution is 2.30. The van der Waals surface area contributed by atoms with Gasteiger partial charge in [-0.1, -0.05) is 23.8 Å². The number of thioether (sulfide) groups is 1. The Bertz CT molecular complexity index is 1140. The van der Waals surface area contributed by atoms with Crippen LogP contribution in [0.1, 0.15) is 22.5 Å². The van der Waals surface area contributed by atoms with Crippen molar-refractivity contribution >= 4 is 45.6 Å². The number of benzene rings is 2. The molecule has 2 aromatic carbocycles. The molecule has 1 N–H and O–H groups in total. The zero-order valence-corrected chi connectivity index (χ0v) is 16.5. The van der Waals surface area contributed by atoms with Gasteiger partial charge in [-0.05, 0) is 67.9 Å². The third-order valence-corrected chi connectivity index (χ3v) is 5.57. The zero-order valence-electron chi connectivity index (χ0n) is 15.7. The first-order valence-corrected chi connectivity index (χ1v) is 9.52. The molecule has 0 fully saturated rings. The number of rotatable bonds is 2. The molecular formula is C21H20N4OS. The highest BCUT2D eigenvalue weighted by Gasteiger charge is 2.22. The summed E-state index contributed by atoms with van der Waals surface area (Å²) in [4.78, 5) is 21.6. The molecule has 1 aliphatic heterocycles. The van der Waals surface area contributed by atoms with Gasteiger partial charge in [-0.3, -0.25) is 4.79 Å². The number of hydrogen-bond acceptors (Lipinski definition) is 4. The van der Waals surface area contributed by atoms with E-state index < -0.39 is 0 Å². The van der Waals surface area contributed by atoms with Crippen LogP contribution in [0.15, 0.2) is 46.3 Å². The summed E-state index contributed by atoms with van der Waals surface area (Å²) in [6, 6.07) is 12.2. The number of nitrogens with zero attached hydrogens (tertiary/aromatic N) is 3. The standard InChI is InChI=1S/C21H20N4OS/c1-12-5-7-16(13(2)9-12)23-21-24-20(26)19(27-21)11-15-6-8-17-18(10-15)25(4)14(3)22-17/h5-11H,1-4H3,(H,23,24,26). The summed E-state index contributed by atoms with van der Waals surface area (Å²) < 4.78 is 2.05. The fraction of sp³-hybridized carbons (Fsp3) is 0.190. The first-order chi connectivity index (χ1) is 12.9. The van der Waals surface area contributed by atoms with E-state index in [0.29, 0.717) is 10.1 Å². The summed E-state index contributed by atoms with van der Waals surface area (Å²) in [5.41, 5.74) is 6.26. The van der Waals surface area contributed by atoms with Crippen molar-refractivity contribution in [2.24, 2.45) is 12.0 Å². The van der Waals surface area contributed by atoms with Gasteiger partial charge in [0, 0.05) is 12.7 Å². The van der Waals surface area contributed by atoms with Gasteiger partial charge in [0.15, 0.2) is 5.17 Å². The second-order valence-corrected chi connectivity index (χ2v) is 7.77. The molecule has 2 heterocycles. The first-order valence-electron chi connectivity index (χ1n) is 8.70. The Balaban J connectivity index is 1.57. The molecule has 3 aromatic rings. The topological polar surface area (TPSA) is 59.3 Å². The van der Waals surface area contributed by atoms with E-state index in [1.807, 2.05) is 61.9 Å². The minimum Gasteiger partial charge on any atom is -0.334 e. The van der Waals surface area contributed by atoms with E-state index in [1.54, 1.807) is 0 Å². The molecular weight excluding hydrogens is 356 g/mol. The number of hydrogen-bond donors (Lipinski definition) is 1. The smallest absolute Gasteiger partial charge is 0.286 e. The van der Waals surface area contributed by atoms with Gasteiger partial charge in [-0.15, -0.1) is 0 Å². The average molecular weight is 376 g/mol. The van der Waals surface area contributed by atoms with Crippen LogP contribution in [0.25, 0.3) is 17.1 Å². The molecule has 1 aliphatic rings. The molecule has 0 bridgehead atoms.